The Hall–Kier alpha value is -2.40. The molecule has 6 heteroatoms. The molecule has 0 spiro atoms. The van der Waals surface area contributed by atoms with E-state index in [2.05, 4.69) is 9.97 Å². The van der Waals surface area contributed by atoms with Crippen LogP contribution in [0, 0.1) is 5.82 Å². The van der Waals surface area contributed by atoms with Crippen LogP contribution in [0.5, 0.6) is 0 Å². The number of nitrogens with one attached hydrogen (secondary N) is 2. The molecule has 0 bridgehead atoms. The Morgan fingerprint density at radius 2 is 1.65 bits per heavy atom. The van der Waals surface area contributed by atoms with Crippen molar-refractivity contribution in [2.45, 2.75) is 0 Å². The third-order valence-electron chi connectivity index (χ3n) is 2.96. The highest BCUT2D eigenvalue weighted by atomic mass is 35.5. The first-order valence-corrected chi connectivity index (χ1v) is 6.14. The predicted octanol–water partition coefficient (Wildman–Crippen LogP) is 2.88. The Balaban J connectivity index is 2.07. The van der Waals surface area contributed by atoms with Crippen molar-refractivity contribution in [3.05, 3.63) is 68.8 Å². The molecular weight excluding hydrogens is 283 g/mol. The first kappa shape index (κ1) is 12.6. The Kier molecular flexibility index (Phi) is 2.91. The van der Waals surface area contributed by atoms with Crippen LogP contribution < -0.4 is 5.69 Å². The number of halogens is 2. The fourth-order valence-electron chi connectivity index (χ4n) is 1.98. The molecule has 0 saturated carbocycles. The number of rotatable bonds is 2. The molecule has 4 nitrogen and oxygen atoms in total. The van der Waals surface area contributed by atoms with Gasteiger partial charge in [-0.05, 0) is 36.4 Å². The number of hydrogen-bond donors (Lipinski definition) is 2. The van der Waals surface area contributed by atoms with Gasteiger partial charge in [0.1, 0.15) is 5.82 Å². The molecule has 0 aliphatic heterocycles. The monoisotopic (exact) mass is 290 g/mol. The fourth-order valence-corrected chi connectivity index (χ4v) is 2.10. The molecule has 3 aromatic rings. The number of fused-ring (bicyclic) bond motifs is 1. The van der Waals surface area contributed by atoms with Crippen LogP contribution >= 0.6 is 11.6 Å². The van der Waals surface area contributed by atoms with Gasteiger partial charge in [0.05, 0.1) is 16.1 Å². The first-order valence-electron chi connectivity index (χ1n) is 5.76. The number of H-pyrrole nitrogens is 2. The van der Waals surface area contributed by atoms with Gasteiger partial charge in [0.2, 0.25) is 0 Å². The van der Waals surface area contributed by atoms with Gasteiger partial charge in [0, 0.05) is 11.1 Å². The zero-order chi connectivity index (χ0) is 14.3. The van der Waals surface area contributed by atoms with Crippen molar-refractivity contribution in [1.29, 1.82) is 0 Å². The van der Waals surface area contributed by atoms with E-state index in [1.807, 2.05) is 0 Å². The van der Waals surface area contributed by atoms with Crippen LogP contribution in [0.2, 0.25) is 5.02 Å². The van der Waals surface area contributed by atoms with Gasteiger partial charge >= 0.3 is 5.69 Å². The molecular formula is C14H8ClFN2O2. The van der Waals surface area contributed by atoms with E-state index in [-0.39, 0.29) is 22.1 Å². The van der Waals surface area contributed by atoms with Crippen molar-refractivity contribution < 1.29 is 9.18 Å². The van der Waals surface area contributed by atoms with Gasteiger partial charge in [-0.3, -0.25) is 4.79 Å². The number of hydrogen-bond acceptors (Lipinski definition) is 2. The molecule has 100 valence electrons. The minimum Gasteiger partial charge on any atom is -0.306 e. The molecule has 0 saturated heterocycles. The lowest BCUT2D eigenvalue weighted by Crippen LogP contribution is -2.02. The van der Waals surface area contributed by atoms with Gasteiger partial charge < -0.3 is 9.97 Å². The van der Waals surface area contributed by atoms with Gasteiger partial charge in [-0.25, -0.2) is 9.18 Å². The zero-order valence-electron chi connectivity index (χ0n) is 10.0. The average molecular weight is 291 g/mol. The molecule has 2 aromatic carbocycles. The molecule has 0 unspecified atom stereocenters. The van der Waals surface area contributed by atoms with E-state index in [1.165, 1.54) is 12.1 Å². The molecule has 1 aromatic heterocycles. The van der Waals surface area contributed by atoms with E-state index in [9.17, 15) is 14.0 Å². The van der Waals surface area contributed by atoms with Gasteiger partial charge in [-0.1, -0.05) is 11.6 Å². The summed E-state index contributed by atoms with van der Waals surface area (Å²) in [5.74, 6) is -0.988. The summed E-state index contributed by atoms with van der Waals surface area (Å²) in [6.45, 7) is 0. The van der Waals surface area contributed by atoms with E-state index < -0.39 is 5.82 Å². The quantitative estimate of drug-likeness (QED) is 0.713. The van der Waals surface area contributed by atoms with Crippen LogP contribution in [0.4, 0.5) is 4.39 Å². The van der Waals surface area contributed by atoms with Gasteiger partial charge in [-0.15, -0.1) is 0 Å². The standard InChI is InChI=1S/C14H8ClFN2O2/c15-9-3-1-7(5-10(9)16)13(19)8-2-4-11-12(6-8)18-14(20)17-11/h1-6H,(H2,17,18,20). The molecule has 1 heterocycles. The second kappa shape index (κ2) is 4.61. The van der Waals surface area contributed by atoms with Crippen molar-refractivity contribution in [1.82, 2.24) is 9.97 Å². The SMILES string of the molecule is O=C(c1ccc(Cl)c(F)c1)c1ccc2[nH]c(=O)[nH]c2c1. The van der Waals surface area contributed by atoms with Gasteiger partial charge in [-0.2, -0.15) is 0 Å². The minimum atomic E-state index is -0.645. The number of aromatic amines is 2. The van der Waals surface area contributed by atoms with Gasteiger partial charge in [0.15, 0.2) is 5.78 Å². The van der Waals surface area contributed by atoms with E-state index >= 15 is 0 Å². The van der Waals surface area contributed by atoms with E-state index in [0.29, 0.717) is 16.6 Å². The Morgan fingerprint density at radius 1 is 1.00 bits per heavy atom. The third kappa shape index (κ3) is 2.12. The molecule has 0 aliphatic carbocycles. The molecule has 0 fully saturated rings. The average Bonchev–Trinajstić information content (AvgIpc) is 2.80. The van der Waals surface area contributed by atoms with E-state index in [0.717, 1.165) is 6.07 Å². The summed E-state index contributed by atoms with van der Waals surface area (Å²) in [5.41, 5.74) is 1.34. The molecule has 0 radical (unpaired) electrons. The normalized spacial score (nSPS) is 10.9. The highest BCUT2D eigenvalue weighted by Crippen LogP contribution is 2.19. The van der Waals surface area contributed by atoms with E-state index in [4.69, 9.17) is 11.6 Å². The summed E-state index contributed by atoms with van der Waals surface area (Å²) < 4.78 is 13.4. The second-order valence-electron chi connectivity index (χ2n) is 4.30. The third-order valence-corrected chi connectivity index (χ3v) is 3.27. The van der Waals surface area contributed by atoms with Crippen molar-refractivity contribution in [3.63, 3.8) is 0 Å². The molecule has 0 atom stereocenters. The maximum absolute atomic E-state index is 13.4. The van der Waals surface area contributed by atoms with Crippen LogP contribution in [0.15, 0.2) is 41.2 Å². The second-order valence-corrected chi connectivity index (χ2v) is 4.70. The largest absolute Gasteiger partial charge is 0.323 e. The summed E-state index contributed by atoms with van der Waals surface area (Å²) in [4.78, 5) is 28.6. The summed E-state index contributed by atoms with van der Waals surface area (Å²) >= 11 is 5.58. The first-order chi connectivity index (χ1) is 9.54. The molecule has 20 heavy (non-hydrogen) atoms. The lowest BCUT2D eigenvalue weighted by atomic mass is 10.0. The van der Waals surface area contributed by atoms with Crippen LogP contribution in [-0.4, -0.2) is 15.8 Å². The highest BCUT2D eigenvalue weighted by Gasteiger charge is 2.12. The van der Waals surface area contributed by atoms with Crippen LogP contribution in [0.25, 0.3) is 11.0 Å². The van der Waals surface area contributed by atoms with Crippen LogP contribution in [-0.2, 0) is 0 Å². The topological polar surface area (TPSA) is 65.7 Å². The van der Waals surface area contributed by atoms with Crippen LogP contribution in [0.1, 0.15) is 15.9 Å². The molecule has 2 N–H and O–H groups in total. The smallest absolute Gasteiger partial charge is 0.306 e. The highest BCUT2D eigenvalue weighted by molar-refractivity contribution is 6.30. The summed E-state index contributed by atoms with van der Waals surface area (Å²) in [7, 11) is 0. The Morgan fingerprint density at radius 3 is 2.40 bits per heavy atom. The Bertz CT molecular complexity index is 882. The minimum absolute atomic E-state index is 0.0352. The fraction of sp³-hybridized carbons (Fsp3) is 0. The maximum atomic E-state index is 13.4. The number of ketones is 1. The molecule has 0 amide bonds. The summed E-state index contributed by atoms with van der Waals surface area (Å²) in [6, 6.07) is 8.61. The van der Waals surface area contributed by atoms with Crippen molar-refractivity contribution in [3.8, 4) is 0 Å². The number of carbonyl (C=O) groups excluding carboxylic acids is 1. The number of benzene rings is 2. The molecule has 3 rings (SSSR count). The summed E-state index contributed by atoms with van der Waals surface area (Å²) in [6.07, 6.45) is 0. The molecule has 0 aliphatic rings. The predicted molar refractivity (Wildman–Crippen MR) is 73.8 cm³/mol. The van der Waals surface area contributed by atoms with Crippen molar-refractivity contribution in [2.75, 3.05) is 0 Å². The Labute approximate surface area is 117 Å². The number of aromatic nitrogens is 2. The summed E-state index contributed by atoms with van der Waals surface area (Å²) in [5, 5.41) is -0.0352. The van der Waals surface area contributed by atoms with E-state index in [1.54, 1.807) is 18.2 Å². The van der Waals surface area contributed by atoms with Crippen LogP contribution in [0.3, 0.4) is 0 Å². The van der Waals surface area contributed by atoms with Crippen molar-refractivity contribution >= 4 is 28.4 Å². The lowest BCUT2D eigenvalue weighted by molar-refractivity contribution is 0.103. The zero-order valence-corrected chi connectivity index (χ0v) is 10.8. The lowest BCUT2D eigenvalue weighted by Gasteiger charge is -2.02. The number of imidazole rings is 1. The maximum Gasteiger partial charge on any atom is 0.323 e. The van der Waals surface area contributed by atoms with Crippen molar-refractivity contribution in [2.24, 2.45) is 0 Å². The van der Waals surface area contributed by atoms with Gasteiger partial charge in [0.25, 0.3) is 0 Å². The number of carbonyl (C=O) groups is 1.